The van der Waals surface area contributed by atoms with E-state index in [-0.39, 0.29) is 5.91 Å². The molecule has 0 aliphatic heterocycles. The summed E-state index contributed by atoms with van der Waals surface area (Å²) in [6.07, 6.45) is 0.772. The van der Waals surface area contributed by atoms with E-state index in [2.05, 4.69) is 38.7 Å². The van der Waals surface area contributed by atoms with Crippen LogP contribution in [0.1, 0.15) is 15.9 Å². The molecule has 0 unspecified atom stereocenters. The van der Waals surface area contributed by atoms with Crippen LogP contribution in [-0.2, 0) is 6.42 Å². The van der Waals surface area contributed by atoms with Gasteiger partial charge in [-0.3, -0.25) is 4.79 Å². The van der Waals surface area contributed by atoms with Crippen molar-refractivity contribution in [1.82, 2.24) is 0 Å². The van der Waals surface area contributed by atoms with Crippen LogP contribution in [0.15, 0.2) is 108 Å². The van der Waals surface area contributed by atoms with Gasteiger partial charge >= 0.3 is 0 Å². The van der Waals surface area contributed by atoms with Crippen LogP contribution in [0.25, 0.3) is 0 Å². The first-order valence-electron chi connectivity index (χ1n) is 10.4. The number of carbonyl (C=O) groups is 1. The number of halogens is 1. The summed E-state index contributed by atoms with van der Waals surface area (Å²) in [5.41, 5.74) is 4.35. The second-order valence-corrected chi connectivity index (χ2v) is 8.16. The molecule has 0 fully saturated rings. The van der Waals surface area contributed by atoms with Gasteiger partial charge < -0.3 is 15.4 Å². The first-order valence-corrected chi connectivity index (χ1v) is 11.2. The van der Waals surface area contributed by atoms with Gasteiger partial charge in [-0.1, -0.05) is 64.5 Å². The molecule has 0 saturated carbocycles. The van der Waals surface area contributed by atoms with Gasteiger partial charge in [0, 0.05) is 28.0 Å². The zero-order chi connectivity index (χ0) is 22.2. The van der Waals surface area contributed by atoms with Crippen molar-refractivity contribution < 1.29 is 9.53 Å². The number of carbonyl (C=O) groups excluding carboxylic acids is 1. The van der Waals surface area contributed by atoms with E-state index in [1.807, 2.05) is 84.9 Å². The van der Waals surface area contributed by atoms with Gasteiger partial charge in [-0.05, 0) is 60.2 Å². The van der Waals surface area contributed by atoms with Crippen LogP contribution in [0.4, 0.5) is 17.1 Å². The SMILES string of the molecule is O=C(Nc1ccc(Nc2ccccc2)cc1)c1cc(Br)ccc1OCCc1ccccc1. The molecule has 4 rings (SSSR count). The molecule has 1 amide bonds. The molecule has 32 heavy (non-hydrogen) atoms. The normalized spacial score (nSPS) is 10.4. The van der Waals surface area contributed by atoms with Gasteiger partial charge in [0.05, 0.1) is 12.2 Å². The molecule has 0 heterocycles. The minimum absolute atomic E-state index is 0.218. The number of ether oxygens (including phenoxy) is 1. The number of amides is 1. The van der Waals surface area contributed by atoms with Crippen LogP contribution < -0.4 is 15.4 Å². The Kier molecular flexibility index (Phi) is 7.20. The summed E-state index contributed by atoms with van der Waals surface area (Å²) in [7, 11) is 0. The zero-order valence-electron chi connectivity index (χ0n) is 17.4. The first kappa shape index (κ1) is 21.7. The lowest BCUT2D eigenvalue weighted by Gasteiger charge is -2.13. The fraction of sp³-hybridized carbons (Fsp3) is 0.0741. The molecule has 0 spiro atoms. The lowest BCUT2D eigenvalue weighted by Crippen LogP contribution is -2.14. The van der Waals surface area contributed by atoms with E-state index in [1.54, 1.807) is 6.07 Å². The molecule has 0 radical (unpaired) electrons. The third-order valence-corrected chi connectivity index (χ3v) is 5.38. The molecule has 0 atom stereocenters. The van der Waals surface area contributed by atoms with Crippen molar-refractivity contribution in [3.05, 3.63) is 119 Å². The number of anilines is 3. The molecule has 0 saturated heterocycles. The Hall–Kier alpha value is -3.57. The molecule has 4 aromatic carbocycles. The van der Waals surface area contributed by atoms with Crippen molar-refractivity contribution in [2.45, 2.75) is 6.42 Å². The summed E-state index contributed by atoms with van der Waals surface area (Å²) in [6.45, 7) is 0.492. The summed E-state index contributed by atoms with van der Waals surface area (Å²) in [6, 6.07) is 33.2. The highest BCUT2D eigenvalue weighted by Gasteiger charge is 2.14. The zero-order valence-corrected chi connectivity index (χ0v) is 19.0. The van der Waals surface area contributed by atoms with E-state index in [4.69, 9.17) is 4.74 Å². The second kappa shape index (κ2) is 10.6. The number of hydrogen-bond donors (Lipinski definition) is 2. The first-order chi connectivity index (χ1) is 15.7. The van der Waals surface area contributed by atoms with E-state index in [0.29, 0.717) is 23.6 Å². The van der Waals surface area contributed by atoms with Crippen molar-refractivity contribution in [3.8, 4) is 5.75 Å². The topological polar surface area (TPSA) is 50.4 Å². The molecule has 4 nitrogen and oxygen atoms in total. The minimum Gasteiger partial charge on any atom is -0.492 e. The number of benzene rings is 4. The van der Waals surface area contributed by atoms with E-state index in [0.717, 1.165) is 22.3 Å². The lowest BCUT2D eigenvalue weighted by atomic mass is 10.1. The monoisotopic (exact) mass is 486 g/mol. The van der Waals surface area contributed by atoms with Crippen LogP contribution in [0.3, 0.4) is 0 Å². The minimum atomic E-state index is -0.218. The predicted molar refractivity (Wildman–Crippen MR) is 134 cm³/mol. The average molecular weight is 487 g/mol. The van der Waals surface area contributed by atoms with Crippen LogP contribution in [0, 0.1) is 0 Å². The van der Waals surface area contributed by atoms with Gasteiger partial charge in [0.1, 0.15) is 5.75 Å². The third-order valence-electron chi connectivity index (χ3n) is 4.88. The molecule has 0 aliphatic carbocycles. The summed E-state index contributed by atoms with van der Waals surface area (Å²) in [5.74, 6) is 0.341. The third kappa shape index (κ3) is 5.99. The van der Waals surface area contributed by atoms with Gasteiger partial charge in [-0.15, -0.1) is 0 Å². The van der Waals surface area contributed by atoms with Crippen LogP contribution in [-0.4, -0.2) is 12.5 Å². The van der Waals surface area contributed by atoms with Gasteiger partial charge in [-0.2, -0.15) is 0 Å². The number of rotatable bonds is 8. The van der Waals surface area contributed by atoms with Crippen LogP contribution in [0.5, 0.6) is 5.75 Å². The Morgan fingerprint density at radius 1 is 0.750 bits per heavy atom. The number of nitrogens with one attached hydrogen (secondary N) is 2. The molecule has 4 aromatic rings. The van der Waals surface area contributed by atoms with Crippen molar-refractivity contribution in [1.29, 1.82) is 0 Å². The Morgan fingerprint density at radius 2 is 1.38 bits per heavy atom. The van der Waals surface area contributed by atoms with E-state index < -0.39 is 0 Å². The van der Waals surface area contributed by atoms with Gasteiger partial charge in [0.25, 0.3) is 5.91 Å². The van der Waals surface area contributed by atoms with Crippen LogP contribution >= 0.6 is 15.9 Å². The fourth-order valence-corrected chi connectivity index (χ4v) is 3.61. The van der Waals surface area contributed by atoms with Crippen LogP contribution in [0.2, 0.25) is 0 Å². The summed E-state index contributed by atoms with van der Waals surface area (Å²) in [5, 5.41) is 6.29. The van der Waals surface area contributed by atoms with Gasteiger partial charge in [0.2, 0.25) is 0 Å². The quantitative estimate of drug-likeness (QED) is 0.280. The molecule has 0 aliphatic rings. The van der Waals surface area contributed by atoms with E-state index in [9.17, 15) is 4.79 Å². The highest BCUT2D eigenvalue weighted by Crippen LogP contribution is 2.25. The van der Waals surface area contributed by atoms with Gasteiger partial charge in [-0.25, -0.2) is 0 Å². The second-order valence-electron chi connectivity index (χ2n) is 7.25. The fourth-order valence-electron chi connectivity index (χ4n) is 3.25. The maximum atomic E-state index is 13.0. The summed E-state index contributed by atoms with van der Waals surface area (Å²) in [4.78, 5) is 13.0. The molecule has 5 heteroatoms. The molecule has 0 bridgehead atoms. The maximum absolute atomic E-state index is 13.0. The number of hydrogen-bond acceptors (Lipinski definition) is 3. The lowest BCUT2D eigenvalue weighted by molar-refractivity contribution is 0.102. The van der Waals surface area contributed by atoms with E-state index >= 15 is 0 Å². The standard InChI is InChI=1S/C27H23BrN2O2/c28-21-11-16-26(32-18-17-20-7-3-1-4-8-20)25(19-21)27(31)30-24-14-12-23(13-15-24)29-22-9-5-2-6-10-22/h1-16,19,29H,17-18H2,(H,30,31). The van der Waals surface area contributed by atoms with Crippen molar-refractivity contribution in [3.63, 3.8) is 0 Å². The predicted octanol–water partition coefficient (Wildman–Crippen LogP) is 7.07. The molecular formula is C27H23BrN2O2. The Bertz CT molecular complexity index is 1160. The average Bonchev–Trinajstić information content (AvgIpc) is 2.82. The highest BCUT2D eigenvalue weighted by molar-refractivity contribution is 9.10. The Labute approximate surface area is 196 Å². The Balaban J connectivity index is 1.40. The largest absolute Gasteiger partial charge is 0.492 e. The van der Waals surface area contributed by atoms with Crippen molar-refractivity contribution in [2.24, 2.45) is 0 Å². The summed E-state index contributed by atoms with van der Waals surface area (Å²) >= 11 is 3.45. The van der Waals surface area contributed by atoms with E-state index in [1.165, 1.54) is 5.56 Å². The maximum Gasteiger partial charge on any atom is 0.259 e. The molecule has 160 valence electrons. The van der Waals surface area contributed by atoms with Crippen molar-refractivity contribution >= 4 is 38.9 Å². The number of para-hydroxylation sites is 1. The Morgan fingerprint density at radius 3 is 2.09 bits per heavy atom. The smallest absolute Gasteiger partial charge is 0.259 e. The molecular weight excluding hydrogens is 464 g/mol. The van der Waals surface area contributed by atoms with Crippen molar-refractivity contribution in [2.75, 3.05) is 17.2 Å². The molecule has 2 N–H and O–H groups in total. The summed E-state index contributed by atoms with van der Waals surface area (Å²) < 4.78 is 6.77. The highest BCUT2D eigenvalue weighted by atomic mass is 79.9. The molecule has 0 aromatic heterocycles. The van der Waals surface area contributed by atoms with Gasteiger partial charge in [0.15, 0.2) is 0 Å².